The molecule has 1 atom stereocenters. The van der Waals surface area contributed by atoms with Crippen LogP contribution in [0.1, 0.15) is 40.0 Å². The fraction of sp³-hybridized carbons (Fsp3) is 0.900. The maximum Gasteiger partial charge on any atom is 0.219 e. The molecule has 0 N–H and O–H groups in total. The lowest BCUT2D eigenvalue weighted by Crippen LogP contribution is -2.34. The third kappa shape index (κ3) is 2.50. The van der Waals surface area contributed by atoms with E-state index in [2.05, 4.69) is 13.8 Å². The van der Waals surface area contributed by atoms with E-state index >= 15 is 0 Å². The summed E-state index contributed by atoms with van der Waals surface area (Å²) in [7, 11) is 0. The Morgan fingerprint density at radius 1 is 1.58 bits per heavy atom. The molecule has 0 aromatic heterocycles. The highest BCUT2D eigenvalue weighted by molar-refractivity contribution is 5.73. The van der Waals surface area contributed by atoms with Crippen LogP contribution in [-0.4, -0.2) is 23.4 Å². The Kier molecular flexibility index (Phi) is 3.12. The van der Waals surface area contributed by atoms with E-state index in [-0.39, 0.29) is 5.91 Å². The van der Waals surface area contributed by atoms with Crippen molar-refractivity contribution in [2.45, 2.75) is 46.1 Å². The lowest BCUT2D eigenvalue weighted by Gasteiger charge is -2.23. The second kappa shape index (κ2) is 3.92. The normalized spacial score (nSPS) is 18.9. The summed E-state index contributed by atoms with van der Waals surface area (Å²) in [6.07, 6.45) is 3.60. The molecule has 2 nitrogen and oxygen atoms in total. The number of nitrogens with zero attached hydrogens (tertiary/aromatic N) is 1. The van der Waals surface area contributed by atoms with Gasteiger partial charge in [-0.2, -0.15) is 0 Å². The summed E-state index contributed by atoms with van der Waals surface area (Å²) in [5.74, 6) is 0.896. The summed E-state index contributed by atoms with van der Waals surface area (Å²) >= 11 is 0. The summed E-state index contributed by atoms with van der Waals surface area (Å²) in [4.78, 5) is 13.2. The maximum atomic E-state index is 11.2. The first-order valence-electron chi connectivity index (χ1n) is 4.92. The molecule has 0 heterocycles. The Hall–Kier alpha value is -0.530. The quantitative estimate of drug-likeness (QED) is 0.630. The number of carbonyl (C=O) groups excluding carboxylic acids is 1. The van der Waals surface area contributed by atoms with Gasteiger partial charge in [-0.05, 0) is 18.8 Å². The minimum absolute atomic E-state index is 0.248. The fourth-order valence-electron chi connectivity index (χ4n) is 1.39. The Bertz CT molecular complexity index is 163. The number of rotatable bonds is 4. The highest BCUT2D eigenvalue weighted by atomic mass is 16.2. The van der Waals surface area contributed by atoms with E-state index in [4.69, 9.17) is 0 Å². The van der Waals surface area contributed by atoms with Gasteiger partial charge in [0.1, 0.15) is 0 Å². The van der Waals surface area contributed by atoms with Crippen LogP contribution < -0.4 is 0 Å². The van der Waals surface area contributed by atoms with Crippen LogP contribution in [0.4, 0.5) is 0 Å². The van der Waals surface area contributed by atoms with Crippen LogP contribution in [0.3, 0.4) is 0 Å². The minimum atomic E-state index is 0.248. The lowest BCUT2D eigenvalue weighted by atomic mass is 10.1. The summed E-state index contributed by atoms with van der Waals surface area (Å²) in [6, 6.07) is 0.580. The molecule has 0 saturated heterocycles. The molecule has 1 fully saturated rings. The fourth-order valence-corrected chi connectivity index (χ4v) is 1.39. The molecule has 12 heavy (non-hydrogen) atoms. The molecule has 0 aromatic rings. The molecule has 1 aliphatic carbocycles. The van der Waals surface area contributed by atoms with Crippen LogP contribution in [0.25, 0.3) is 0 Å². The largest absolute Gasteiger partial charge is 0.340 e. The molecule has 70 valence electrons. The zero-order valence-electron chi connectivity index (χ0n) is 8.34. The molecular weight excluding hydrogens is 150 g/mol. The number of carbonyl (C=O) groups is 1. The second-order valence-corrected chi connectivity index (χ2v) is 3.92. The Balaban J connectivity index is 2.37. The molecule has 0 aliphatic heterocycles. The van der Waals surface area contributed by atoms with Gasteiger partial charge in [-0.1, -0.05) is 20.3 Å². The average molecular weight is 169 g/mol. The summed E-state index contributed by atoms with van der Waals surface area (Å²) in [5.41, 5.74) is 0. The van der Waals surface area contributed by atoms with Gasteiger partial charge in [0.25, 0.3) is 0 Å². The van der Waals surface area contributed by atoms with Crippen LogP contribution in [-0.2, 0) is 4.79 Å². The van der Waals surface area contributed by atoms with Gasteiger partial charge in [-0.15, -0.1) is 0 Å². The van der Waals surface area contributed by atoms with Crippen molar-refractivity contribution in [3.8, 4) is 0 Å². The van der Waals surface area contributed by atoms with Crippen LogP contribution >= 0.6 is 0 Å². The second-order valence-electron chi connectivity index (χ2n) is 3.92. The van der Waals surface area contributed by atoms with Crippen LogP contribution in [0.5, 0.6) is 0 Å². The first-order chi connectivity index (χ1) is 5.65. The van der Waals surface area contributed by atoms with E-state index in [1.807, 2.05) is 4.90 Å². The smallest absolute Gasteiger partial charge is 0.219 e. The lowest BCUT2D eigenvalue weighted by molar-refractivity contribution is -0.130. The van der Waals surface area contributed by atoms with Crippen molar-refractivity contribution in [3.05, 3.63) is 0 Å². The van der Waals surface area contributed by atoms with Crippen molar-refractivity contribution in [2.75, 3.05) is 6.54 Å². The third-order valence-corrected chi connectivity index (χ3v) is 2.60. The molecule has 1 amide bonds. The Morgan fingerprint density at radius 2 is 2.17 bits per heavy atom. The van der Waals surface area contributed by atoms with E-state index < -0.39 is 0 Å². The summed E-state index contributed by atoms with van der Waals surface area (Å²) < 4.78 is 0. The Labute approximate surface area is 74.9 Å². The Morgan fingerprint density at radius 3 is 2.50 bits per heavy atom. The first kappa shape index (κ1) is 9.56. The number of amides is 1. The molecular formula is C10H19NO. The predicted octanol–water partition coefficient (Wildman–Crippen LogP) is 2.04. The van der Waals surface area contributed by atoms with Gasteiger partial charge in [-0.3, -0.25) is 4.79 Å². The number of hydrogen-bond acceptors (Lipinski definition) is 1. The minimum Gasteiger partial charge on any atom is -0.340 e. The molecule has 0 radical (unpaired) electrons. The topological polar surface area (TPSA) is 20.3 Å². The van der Waals surface area contributed by atoms with Gasteiger partial charge in [0, 0.05) is 19.5 Å². The third-order valence-electron chi connectivity index (χ3n) is 2.60. The van der Waals surface area contributed by atoms with Crippen molar-refractivity contribution < 1.29 is 4.79 Å². The van der Waals surface area contributed by atoms with Gasteiger partial charge in [0.2, 0.25) is 5.91 Å². The predicted molar refractivity (Wildman–Crippen MR) is 49.9 cm³/mol. The SMILES string of the molecule is CCC(C)CN(C(C)=O)C1CC1. The monoisotopic (exact) mass is 169 g/mol. The van der Waals surface area contributed by atoms with Crippen LogP contribution in [0.2, 0.25) is 0 Å². The van der Waals surface area contributed by atoms with E-state index in [1.54, 1.807) is 6.92 Å². The molecule has 0 aromatic carbocycles. The molecule has 1 saturated carbocycles. The van der Waals surface area contributed by atoms with E-state index in [9.17, 15) is 4.79 Å². The highest BCUT2D eigenvalue weighted by Gasteiger charge is 2.31. The molecule has 1 aliphatic rings. The highest BCUT2D eigenvalue weighted by Crippen LogP contribution is 2.27. The van der Waals surface area contributed by atoms with Gasteiger partial charge >= 0.3 is 0 Å². The molecule has 0 spiro atoms. The van der Waals surface area contributed by atoms with Crippen LogP contribution in [0.15, 0.2) is 0 Å². The van der Waals surface area contributed by atoms with Crippen LogP contribution in [0, 0.1) is 5.92 Å². The zero-order chi connectivity index (χ0) is 9.14. The first-order valence-corrected chi connectivity index (χ1v) is 4.92. The van der Waals surface area contributed by atoms with Crippen molar-refractivity contribution in [3.63, 3.8) is 0 Å². The summed E-state index contributed by atoms with van der Waals surface area (Å²) in [6.45, 7) is 7.02. The van der Waals surface area contributed by atoms with Crippen molar-refractivity contribution in [1.29, 1.82) is 0 Å². The van der Waals surface area contributed by atoms with Crippen molar-refractivity contribution >= 4 is 5.91 Å². The number of hydrogen-bond donors (Lipinski definition) is 0. The van der Waals surface area contributed by atoms with Gasteiger partial charge in [-0.25, -0.2) is 0 Å². The maximum absolute atomic E-state index is 11.2. The average Bonchev–Trinajstić information content (AvgIpc) is 2.81. The summed E-state index contributed by atoms with van der Waals surface area (Å²) in [5, 5.41) is 0. The zero-order valence-corrected chi connectivity index (χ0v) is 8.34. The van der Waals surface area contributed by atoms with Crippen molar-refractivity contribution in [2.24, 2.45) is 5.92 Å². The standard InChI is InChI=1S/C10H19NO/c1-4-8(2)7-11(9(3)12)10-5-6-10/h8,10H,4-7H2,1-3H3. The van der Waals surface area contributed by atoms with E-state index in [0.717, 1.165) is 13.0 Å². The van der Waals surface area contributed by atoms with Gasteiger partial charge in [0.15, 0.2) is 0 Å². The van der Waals surface area contributed by atoms with Gasteiger partial charge in [0.05, 0.1) is 0 Å². The molecule has 0 bridgehead atoms. The molecule has 2 heteroatoms. The molecule has 1 unspecified atom stereocenters. The van der Waals surface area contributed by atoms with Gasteiger partial charge < -0.3 is 4.90 Å². The van der Waals surface area contributed by atoms with E-state index in [1.165, 1.54) is 12.8 Å². The van der Waals surface area contributed by atoms with E-state index in [0.29, 0.717) is 12.0 Å². The molecule has 1 rings (SSSR count). The van der Waals surface area contributed by atoms with Crippen molar-refractivity contribution in [1.82, 2.24) is 4.90 Å².